The minimum absolute atomic E-state index is 0.126. The maximum atomic E-state index is 12.0. The van der Waals surface area contributed by atoms with Crippen LogP contribution in [0.5, 0.6) is 0 Å². The molecule has 1 aliphatic heterocycles. The summed E-state index contributed by atoms with van der Waals surface area (Å²) in [6.45, 7) is 8.24. The van der Waals surface area contributed by atoms with Gasteiger partial charge in [0.15, 0.2) is 0 Å². The average molecular weight is 238 g/mol. The van der Waals surface area contributed by atoms with E-state index in [1.165, 1.54) is 25.7 Å². The fraction of sp³-hybridized carbons (Fsp3) is 0.929. The van der Waals surface area contributed by atoms with E-state index in [2.05, 4.69) is 24.5 Å². The molecular weight excluding hydrogens is 212 g/mol. The first-order chi connectivity index (χ1) is 8.05. The molecule has 1 aliphatic carbocycles. The van der Waals surface area contributed by atoms with Gasteiger partial charge in [0.25, 0.3) is 0 Å². The smallest absolute Gasteiger partial charge is 0.223 e. The zero-order valence-corrected chi connectivity index (χ0v) is 11.4. The highest BCUT2D eigenvalue weighted by Gasteiger charge is 2.46. The van der Waals surface area contributed by atoms with Crippen molar-refractivity contribution < 1.29 is 4.79 Å². The molecule has 0 spiro atoms. The molecule has 98 valence electrons. The fourth-order valence-corrected chi connectivity index (χ4v) is 3.28. The van der Waals surface area contributed by atoms with E-state index in [0.717, 1.165) is 13.1 Å². The van der Waals surface area contributed by atoms with Gasteiger partial charge < -0.3 is 10.6 Å². The van der Waals surface area contributed by atoms with Crippen molar-refractivity contribution >= 4 is 5.91 Å². The van der Waals surface area contributed by atoms with Gasteiger partial charge in [0, 0.05) is 23.9 Å². The molecule has 2 fully saturated rings. The lowest BCUT2D eigenvalue weighted by Crippen LogP contribution is -2.44. The summed E-state index contributed by atoms with van der Waals surface area (Å²) in [5.41, 5.74) is 0.367. The van der Waals surface area contributed by atoms with Crippen LogP contribution >= 0.6 is 0 Å². The molecule has 0 aromatic heterocycles. The quantitative estimate of drug-likeness (QED) is 0.786. The first kappa shape index (κ1) is 12.9. The number of nitrogens with one attached hydrogen (secondary N) is 2. The molecule has 1 heterocycles. The van der Waals surface area contributed by atoms with Crippen LogP contribution < -0.4 is 10.6 Å². The molecule has 0 bridgehead atoms. The highest BCUT2D eigenvalue weighted by Crippen LogP contribution is 2.43. The van der Waals surface area contributed by atoms with E-state index < -0.39 is 0 Å². The van der Waals surface area contributed by atoms with Gasteiger partial charge in [-0.15, -0.1) is 0 Å². The van der Waals surface area contributed by atoms with E-state index in [1.54, 1.807) is 0 Å². The summed E-state index contributed by atoms with van der Waals surface area (Å²) in [5, 5.41) is 6.77. The number of carbonyl (C=O) groups is 1. The van der Waals surface area contributed by atoms with E-state index in [0.29, 0.717) is 17.4 Å². The Morgan fingerprint density at radius 1 is 1.41 bits per heavy atom. The van der Waals surface area contributed by atoms with Crippen LogP contribution in [0.2, 0.25) is 0 Å². The minimum atomic E-state index is 0.126. The van der Waals surface area contributed by atoms with Crippen molar-refractivity contribution in [3.05, 3.63) is 0 Å². The largest absolute Gasteiger partial charge is 0.355 e. The Kier molecular flexibility index (Phi) is 3.76. The molecule has 0 aromatic carbocycles. The van der Waals surface area contributed by atoms with Gasteiger partial charge in [-0.1, -0.05) is 27.2 Å². The molecule has 17 heavy (non-hydrogen) atoms. The van der Waals surface area contributed by atoms with Crippen LogP contribution in [0.15, 0.2) is 0 Å². The summed E-state index contributed by atoms with van der Waals surface area (Å²) in [5.74, 6) is 0.779. The monoisotopic (exact) mass is 238 g/mol. The topological polar surface area (TPSA) is 41.1 Å². The summed E-state index contributed by atoms with van der Waals surface area (Å²) in [4.78, 5) is 12.0. The van der Waals surface area contributed by atoms with Crippen molar-refractivity contribution in [2.24, 2.45) is 17.3 Å². The highest BCUT2D eigenvalue weighted by molar-refractivity contribution is 5.78. The predicted octanol–water partition coefficient (Wildman–Crippen LogP) is 1.93. The summed E-state index contributed by atoms with van der Waals surface area (Å²) in [6.07, 6.45) is 5.11. The van der Waals surface area contributed by atoms with Crippen molar-refractivity contribution in [2.45, 2.75) is 52.5 Å². The Bertz CT molecular complexity index is 278. The zero-order chi connectivity index (χ0) is 12.5. The van der Waals surface area contributed by atoms with Crippen LogP contribution in [0, 0.1) is 17.3 Å². The van der Waals surface area contributed by atoms with Crippen LogP contribution in [0.4, 0.5) is 0 Å². The van der Waals surface area contributed by atoms with Crippen molar-refractivity contribution in [2.75, 3.05) is 13.1 Å². The van der Waals surface area contributed by atoms with E-state index in [1.807, 2.05) is 6.92 Å². The third kappa shape index (κ3) is 2.49. The summed E-state index contributed by atoms with van der Waals surface area (Å²) < 4.78 is 0. The second-order valence-electron chi connectivity index (χ2n) is 6.26. The Morgan fingerprint density at radius 3 is 2.88 bits per heavy atom. The van der Waals surface area contributed by atoms with E-state index in [4.69, 9.17) is 0 Å². The number of fused-ring (bicyclic) bond motifs is 1. The van der Waals surface area contributed by atoms with Gasteiger partial charge in [-0.3, -0.25) is 4.79 Å². The summed E-state index contributed by atoms with van der Waals surface area (Å²) in [7, 11) is 0. The van der Waals surface area contributed by atoms with Crippen molar-refractivity contribution in [3.63, 3.8) is 0 Å². The van der Waals surface area contributed by atoms with Gasteiger partial charge in [0.2, 0.25) is 5.91 Å². The van der Waals surface area contributed by atoms with Gasteiger partial charge >= 0.3 is 0 Å². The van der Waals surface area contributed by atoms with Crippen molar-refractivity contribution in [1.29, 1.82) is 0 Å². The van der Waals surface area contributed by atoms with Crippen LogP contribution in [0.1, 0.15) is 46.5 Å². The molecule has 0 radical (unpaired) electrons. The van der Waals surface area contributed by atoms with Gasteiger partial charge in [-0.2, -0.15) is 0 Å². The molecule has 1 saturated carbocycles. The normalized spacial score (nSPS) is 33.8. The lowest BCUT2D eigenvalue weighted by atomic mass is 9.82. The third-order valence-corrected chi connectivity index (χ3v) is 4.95. The van der Waals surface area contributed by atoms with Crippen LogP contribution in [-0.2, 0) is 4.79 Å². The van der Waals surface area contributed by atoms with Crippen molar-refractivity contribution in [1.82, 2.24) is 10.6 Å². The number of hydrogen-bond acceptors (Lipinski definition) is 2. The average Bonchev–Trinajstić information content (AvgIpc) is 2.83. The molecule has 1 unspecified atom stereocenters. The molecule has 2 aliphatic rings. The molecule has 1 saturated heterocycles. The first-order valence-electron chi connectivity index (χ1n) is 7.06. The predicted molar refractivity (Wildman–Crippen MR) is 69.7 cm³/mol. The standard InChI is InChI=1S/C14H26N2O/c1-10(2)11(3)13(17)16-9-14-6-4-5-12(14)15-8-7-14/h10-12,15H,4-9H2,1-3H3,(H,16,17)/t11?,12-,14-/m1/s1. The van der Waals surface area contributed by atoms with Gasteiger partial charge in [0.05, 0.1) is 0 Å². The van der Waals surface area contributed by atoms with E-state index >= 15 is 0 Å². The summed E-state index contributed by atoms with van der Waals surface area (Å²) >= 11 is 0. The van der Waals surface area contributed by atoms with Gasteiger partial charge in [-0.05, 0) is 31.7 Å². The Hall–Kier alpha value is -0.570. The molecular formula is C14H26N2O. The Balaban J connectivity index is 1.87. The third-order valence-electron chi connectivity index (χ3n) is 4.95. The van der Waals surface area contributed by atoms with Crippen LogP contribution in [0.25, 0.3) is 0 Å². The fourth-order valence-electron chi connectivity index (χ4n) is 3.28. The first-order valence-corrected chi connectivity index (χ1v) is 7.06. The molecule has 2 rings (SSSR count). The Morgan fingerprint density at radius 2 is 2.18 bits per heavy atom. The van der Waals surface area contributed by atoms with Gasteiger partial charge in [0.1, 0.15) is 0 Å². The SMILES string of the molecule is CC(C)C(C)C(=O)NC[C@]12CCC[C@H]1NCC2. The molecule has 3 atom stereocenters. The second kappa shape index (κ2) is 4.97. The molecule has 3 heteroatoms. The number of rotatable bonds is 4. The summed E-state index contributed by atoms with van der Waals surface area (Å²) in [6, 6.07) is 0.650. The molecule has 0 aromatic rings. The second-order valence-corrected chi connectivity index (χ2v) is 6.26. The number of amides is 1. The molecule has 1 amide bonds. The number of carbonyl (C=O) groups excluding carboxylic acids is 1. The number of hydrogen-bond donors (Lipinski definition) is 2. The maximum Gasteiger partial charge on any atom is 0.223 e. The van der Waals surface area contributed by atoms with Gasteiger partial charge in [-0.25, -0.2) is 0 Å². The zero-order valence-electron chi connectivity index (χ0n) is 11.4. The van der Waals surface area contributed by atoms with E-state index in [-0.39, 0.29) is 11.8 Å². The van der Waals surface area contributed by atoms with E-state index in [9.17, 15) is 4.79 Å². The van der Waals surface area contributed by atoms with Crippen molar-refractivity contribution in [3.8, 4) is 0 Å². The maximum absolute atomic E-state index is 12.0. The van der Waals surface area contributed by atoms with Crippen LogP contribution in [0.3, 0.4) is 0 Å². The molecule has 3 nitrogen and oxygen atoms in total. The molecule has 2 N–H and O–H groups in total. The highest BCUT2D eigenvalue weighted by atomic mass is 16.1. The van der Waals surface area contributed by atoms with Crippen LogP contribution in [-0.4, -0.2) is 25.0 Å². The lowest BCUT2D eigenvalue weighted by Gasteiger charge is -2.30. The lowest BCUT2D eigenvalue weighted by molar-refractivity contribution is -0.126. The Labute approximate surface area is 105 Å². The minimum Gasteiger partial charge on any atom is -0.355 e.